The summed E-state index contributed by atoms with van der Waals surface area (Å²) < 4.78 is 32.9. The van der Waals surface area contributed by atoms with E-state index in [1.165, 1.54) is 51.4 Å². The molecule has 0 amide bonds. The standard InChI is InChI=1S/C67H106NO8P/c1-3-5-7-9-11-13-15-17-19-21-23-24-25-26-27-28-29-30-31-32-33-34-35-36-37-38-39-40-42-44-46-48-50-52-54-56-58-60-67(70)76-65(64-75-77(71,72)74-62-61-68)63-73-66(69)59-57-55-53-51-49-47-45-43-41-22-20-18-16-14-12-10-8-6-4-2/h5-8,11-14,17-20,23-24,26-27,29-30,32-33,35-36,41,43,47,49,53,55,65H,3-4,9-10,15-16,21-22,25,28,31,34,37-40,42,44-46,48,50-52,54,56-64,68H2,1-2H3,(H,71,72)/b7-5-,8-6-,13-11-,14-12-,19-17-,20-18-,24-23-,27-26-,30-29-,33-32-,36-35-,43-41-,49-47-,55-53-. The molecule has 0 aliphatic heterocycles. The number of esters is 2. The van der Waals surface area contributed by atoms with Crippen molar-refractivity contribution in [3.8, 4) is 0 Å². The van der Waals surface area contributed by atoms with E-state index in [1.54, 1.807) is 0 Å². The lowest BCUT2D eigenvalue weighted by Crippen LogP contribution is -2.29. The maximum absolute atomic E-state index is 12.7. The second-order valence-electron chi connectivity index (χ2n) is 18.7. The predicted molar refractivity (Wildman–Crippen MR) is 329 cm³/mol. The monoisotopic (exact) mass is 1080 g/mol. The number of carbonyl (C=O) groups is 2. The molecule has 0 aliphatic carbocycles. The number of phosphoric ester groups is 1. The van der Waals surface area contributed by atoms with Gasteiger partial charge in [0.25, 0.3) is 0 Å². The molecule has 10 heteroatoms. The van der Waals surface area contributed by atoms with Crippen molar-refractivity contribution in [1.82, 2.24) is 0 Å². The van der Waals surface area contributed by atoms with Crippen molar-refractivity contribution in [1.29, 1.82) is 0 Å². The van der Waals surface area contributed by atoms with Gasteiger partial charge in [0.05, 0.1) is 13.2 Å². The Kier molecular flexibility index (Phi) is 57.0. The van der Waals surface area contributed by atoms with E-state index in [-0.39, 0.29) is 32.6 Å². The predicted octanol–water partition coefficient (Wildman–Crippen LogP) is 19.1. The highest BCUT2D eigenvalue weighted by Crippen LogP contribution is 2.43. The van der Waals surface area contributed by atoms with Crippen LogP contribution in [0.4, 0.5) is 0 Å². The summed E-state index contributed by atoms with van der Waals surface area (Å²) in [6.07, 6.45) is 90.0. The first kappa shape index (κ1) is 72.4. The average Bonchev–Trinajstić information content (AvgIpc) is 3.42. The number of carbonyl (C=O) groups excluding carboxylic acids is 2. The van der Waals surface area contributed by atoms with Crippen molar-refractivity contribution in [2.45, 2.75) is 213 Å². The Bertz CT molecular complexity index is 1860. The molecule has 0 saturated heterocycles. The molecule has 0 heterocycles. The molecule has 2 unspecified atom stereocenters. The van der Waals surface area contributed by atoms with E-state index in [9.17, 15) is 19.0 Å². The summed E-state index contributed by atoms with van der Waals surface area (Å²) in [4.78, 5) is 35.1. The van der Waals surface area contributed by atoms with E-state index in [0.717, 1.165) is 116 Å². The first-order chi connectivity index (χ1) is 37.8. The number of hydrogen-bond acceptors (Lipinski definition) is 8. The van der Waals surface area contributed by atoms with Crippen LogP contribution < -0.4 is 5.73 Å². The third kappa shape index (κ3) is 60.5. The lowest BCUT2D eigenvalue weighted by Gasteiger charge is -2.19. The van der Waals surface area contributed by atoms with Crippen LogP contribution in [0.5, 0.6) is 0 Å². The van der Waals surface area contributed by atoms with Crippen LogP contribution >= 0.6 is 7.82 Å². The minimum atomic E-state index is -4.42. The molecule has 9 nitrogen and oxygen atoms in total. The summed E-state index contributed by atoms with van der Waals surface area (Å²) in [7, 11) is -4.42. The van der Waals surface area contributed by atoms with Gasteiger partial charge in [-0.25, -0.2) is 4.57 Å². The third-order valence-corrected chi connectivity index (χ3v) is 12.6. The van der Waals surface area contributed by atoms with E-state index >= 15 is 0 Å². The summed E-state index contributed by atoms with van der Waals surface area (Å²) >= 11 is 0. The van der Waals surface area contributed by atoms with Gasteiger partial charge in [-0.3, -0.25) is 18.6 Å². The number of ether oxygens (including phenoxy) is 2. The van der Waals surface area contributed by atoms with Crippen molar-refractivity contribution in [3.05, 3.63) is 170 Å². The zero-order valence-electron chi connectivity index (χ0n) is 48.1. The Morgan fingerprint density at radius 3 is 1.05 bits per heavy atom. The summed E-state index contributed by atoms with van der Waals surface area (Å²) in [6, 6.07) is 0. The highest BCUT2D eigenvalue weighted by atomic mass is 31.2. The van der Waals surface area contributed by atoms with Crippen LogP contribution in [0.2, 0.25) is 0 Å². The van der Waals surface area contributed by atoms with Crippen LogP contribution in [0.3, 0.4) is 0 Å². The van der Waals surface area contributed by atoms with Crippen LogP contribution in [0.15, 0.2) is 170 Å². The van der Waals surface area contributed by atoms with Gasteiger partial charge in [0, 0.05) is 19.4 Å². The molecule has 0 bridgehead atoms. The molecule has 0 aromatic heterocycles. The Balaban J connectivity index is 4.05. The SMILES string of the molecule is CC/C=C\C/C=C\C/C=C\C/C=C\C/C=C\C/C=C\C/C=C\C/C=C\CCCCCCCCCCCCCCC(=O)OC(COC(=O)CC/C=C\C/C=C\C/C=C\C/C=C\C/C=C\C/C=C\CC)COP(=O)(O)OCCN. The molecule has 77 heavy (non-hydrogen) atoms. The number of phosphoric acid groups is 1. The lowest BCUT2D eigenvalue weighted by molar-refractivity contribution is -0.161. The number of nitrogens with two attached hydrogens (primary N) is 1. The number of allylic oxidation sites excluding steroid dienone is 28. The van der Waals surface area contributed by atoms with E-state index in [0.29, 0.717) is 12.8 Å². The molecular weight excluding hydrogens is 978 g/mol. The van der Waals surface area contributed by atoms with Crippen LogP contribution in [0.1, 0.15) is 206 Å². The smallest absolute Gasteiger partial charge is 0.462 e. The maximum Gasteiger partial charge on any atom is 0.472 e. The average molecular weight is 1080 g/mol. The molecule has 2 atom stereocenters. The molecule has 0 aromatic carbocycles. The molecule has 0 rings (SSSR count). The largest absolute Gasteiger partial charge is 0.472 e. The third-order valence-electron chi connectivity index (χ3n) is 11.6. The van der Waals surface area contributed by atoms with Crippen LogP contribution in [0, 0.1) is 0 Å². The van der Waals surface area contributed by atoms with Gasteiger partial charge in [-0.1, -0.05) is 248 Å². The van der Waals surface area contributed by atoms with Gasteiger partial charge < -0.3 is 20.1 Å². The second-order valence-corrected chi connectivity index (χ2v) is 20.2. The van der Waals surface area contributed by atoms with E-state index in [1.807, 2.05) is 12.2 Å². The van der Waals surface area contributed by atoms with Crippen molar-refractivity contribution in [3.63, 3.8) is 0 Å². The highest BCUT2D eigenvalue weighted by Gasteiger charge is 2.26. The zero-order chi connectivity index (χ0) is 55.9. The van der Waals surface area contributed by atoms with Gasteiger partial charge in [-0.2, -0.15) is 0 Å². The molecule has 0 spiro atoms. The fourth-order valence-corrected chi connectivity index (χ4v) is 8.09. The molecule has 3 N–H and O–H groups in total. The van der Waals surface area contributed by atoms with Crippen LogP contribution in [-0.4, -0.2) is 49.3 Å². The van der Waals surface area contributed by atoms with Gasteiger partial charge >= 0.3 is 19.8 Å². The Labute approximate surface area is 470 Å². The Morgan fingerprint density at radius 2 is 0.701 bits per heavy atom. The van der Waals surface area contributed by atoms with Gasteiger partial charge in [0.1, 0.15) is 6.61 Å². The molecule has 0 saturated carbocycles. The van der Waals surface area contributed by atoms with Gasteiger partial charge in [0.15, 0.2) is 6.10 Å². The minimum absolute atomic E-state index is 0.0348. The molecule has 0 radical (unpaired) electrons. The summed E-state index contributed by atoms with van der Waals surface area (Å²) in [6.45, 7) is 3.40. The topological polar surface area (TPSA) is 134 Å². The number of unbranched alkanes of at least 4 members (excludes halogenated alkanes) is 12. The molecule has 0 aromatic rings. The fraction of sp³-hybridized carbons (Fsp3) is 0.552. The van der Waals surface area contributed by atoms with Crippen molar-refractivity contribution in [2.75, 3.05) is 26.4 Å². The normalized spacial score (nSPS) is 14.3. The van der Waals surface area contributed by atoms with E-state index in [2.05, 4.69) is 172 Å². The van der Waals surface area contributed by atoms with Crippen molar-refractivity contribution >= 4 is 19.8 Å². The molecule has 0 fully saturated rings. The summed E-state index contributed by atoms with van der Waals surface area (Å²) in [5.41, 5.74) is 5.37. The molecule has 432 valence electrons. The molecule has 0 aliphatic rings. The van der Waals surface area contributed by atoms with Crippen molar-refractivity contribution < 1.29 is 37.6 Å². The fourth-order valence-electron chi connectivity index (χ4n) is 7.32. The van der Waals surface area contributed by atoms with E-state index < -0.39 is 32.5 Å². The van der Waals surface area contributed by atoms with Gasteiger partial charge in [-0.15, -0.1) is 0 Å². The number of hydrogen-bond donors (Lipinski definition) is 2. The summed E-state index contributed by atoms with van der Waals surface area (Å²) in [5, 5.41) is 0. The zero-order valence-corrected chi connectivity index (χ0v) is 49.0. The van der Waals surface area contributed by atoms with E-state index in [4.69, 9.17) is 24.3 Å². The quantitative estimate of drug-likeness (QED) is 0.0264. The first-order valence-electron chi connectivity index (χ1n) is 29.6. The minimum Gasteiger partial charge on any atom is -0.462 e. The van der Waals surface area contributed by atoms with Crippen LogP contribution in [0.25, 0.3) is 0 Å². The first-order valence-corrected chi connectivity index (χ1v) is 31.1. The Morgan fingerprint density at radius 1 is 0.390 bits per heavy atom. The van der Waals surface area contributed by atoms with Crippen molar-refractivity contribution in [2.24, 2.45) is 5.73 Å². The van der Waals surface area contributed by atoms with Crippen LogP contribution in [-0.2, 0) is 32.7 Å². The molecular formula is C67H106NO8P. The second kappa shape index (κ2) is 60.6. The maximum atomic E-state index is 12.7. The van der Waals surface area contributed by atoms with Gasteiger partial charge in [0.2, 0.25) is 0 Å². The lowest BCUT2D eigenvalue weighted by atomic mass is 10.0. The highest BCUT2D eigenvalue weighted by molar-refractivity contribution is 7.47. The number of rotatable bonds is 53. The Hall–Kier alpha value is -4.63. The summed E-state index contributed by atoms with van der Waals surface area (Å²) in [5.74, 6) is -0.941. The van der Waals surface area contributed by atoms with Gasteiger partial charge in [-0.05, 0) is 116 Å².